The summed E-state index contributed by atoms with van der Waals surface area (Å²) in [6, 6.07) is 0. The van der Waals surface area contributed by atoms with Crippen LogP contribution in [0.2, 0.25) is 0 Å². The predicted octanol–water partition coefficient (Wildman–Crippen LogP) is 3.28. The fraction of sp³-hybridized carbons (Fsp3) is 0.769. The van der Waals surface area contributed by atoms with E-state index in [9.17, 15) is 4.79 Å². The van der Waals surface area contributed by atoms with Crippen LogP contribution in [0, 0.1) is 5.92 Å². The van der Waals surface area contributed by atoms with E-state index >= 15 is 0 Å². The van der Waals surface area contributed by atoms with Crippen LogP contribution >= 0.6 is 0 Å². The lowest BCUT2D eigenvalue weighted by Gasteiger charge is -2.24. The number of Topliss-reactive ketones (excluding diaryl/α,β-unsaturated/α-hetero) is 1. The second-order valence-corrected chi connectivity index (χ2v) is 5.28. The van der Waals surface area contributed by atoms with Gasteiger partial charge >= 0.3 is 0 Å². The van der Waals surface area contributed by atoms with Gasteiger partial charge in [0.15, 0.2) is 0 Å². The molecule has 0 atom stereocenters. The van der Waals surface area contributed by atoms with Gasteiger partial charge in [-0.1, -0.05) is 26.8 Å². The molecule has 0 aliphatic carbocycles. The Labute approximate surface area is 94.1 Å². The number of allylic oxidation sites excluding steroid dienone is 2. The first-order valence-electron chi connectivity index (χ1n) is 5.76. The summed E-state index contributed by atoms with van der Waals surface area (Å²) in [5.74, 6) is 0.436. The Kier molecular flexibility index (Phi) is 5.63. The Balaban J connectivity index is 4.29. The quantitative estimate of drug-likeness (QED) is 0.756. The summed E-state index contributed by atoms with van der Waals surface area (Å²) in [5.41, 5.74) is 1.24. The van der Waals surface area contributed by atoms with E-state index in [4.69, 9.17) is 0 Å². The Morgan fingerprint density at radius 1 is 1.33 bits per heavy atom. The normalized spacial score (nSPS) is 13.1. The Hall–Kier alpha value is -0.790. The van der Waals surface area contributed by atoms with Crippen LogP contribution in [0.15, 0.2) is 11.8 Å². The van der Waals surface area contributed by atoms with Crippen LogP contribution < -0.4 is 5.32 Å². The maximum Gasteiger partial charge on any atom is 0.139 e. The van der Waals surface area contributed by atoms with Crippen molar-refractivity contribution in [2.45, 2.75) is 59.9 Å². The summed E-state index contributed by atoms with van der Waals surface area (Å²) in [5, 5.41) is 3.41. The van der Waals surface area contributed by atoms with Gasteiger partial charge in [-0.2, -0.15) is 0 Å². The maximum absolute atomic E-state index is 11.5. The van der Waals surface area contributed by atoms with E-state index in [1.54, 1.807) is 0 Å². The van der Waals surface area contributed by atoms with Crippen LogP contribution in [0.25, 0.3) is 0 Å². The van der Waals surface area contributed by atoms with Crippen molar-refractivity contribution < 1.29 is 4.79 Å². The molecule has 0 radical (unpaired) electrons. The van der Waals surface area contributed by atoms with Crippen LogP contribution in [0.4, 0.5) is 0 Å². The highest BCUT2D eigenvalue weighted by Crippen LogP contribution is 2.09. The fourth-order valence-electron chi connectivity index (χ4n) is 1.22. The molecule has 0 aliphatic rings. The van der Waals surface area contributed by atoms with Crippen LogP contribution in [-0.4, -0.2) is 11.3 Å². The van der Waals surface area contributed by atoms with Crippen LogP contribution in [-0.2, 0) is 4.79 Å². The van der Waals surface area contributed by atoms with E-state index in [1.807, 2.05) is 19.9 Å². The van der Waals surface area contributed by atoms with Crippen molar-refractivity contribution in [3.63, 3.8) is 0 Å². The number of nitrogens with one attached hydrogen (secondary N) is 1. The fourth-order valence-corrected chi connectivity index (χ4v) is 1.22. The minimum atomic E-state index is 0.0721. The first-order chi connectivity index (χ1) is 6.76. The van der Waals surface area contributed by atoms with Crippen molar-refractivity contribution in [3.8, 4) is 0 Å². The highest BCUT2D eigenvalue weighted by atomic mass is 16.1. The van der Waals surface area contributed by atoms with E-state index in [0.29, 0.717) is 12.2 Å². The van der Waals surface area contributed by atoms with E-state index in [0.717, 1.165) is 12.1 Å². The standard InChI is InChI=1S/C13H25NO/c1-7-11(14-13(4,5)6)8-9-12(15)10(2)3/h8,10,14H,7,9H2,1-6H3. The van der Waals surface area contributed by atoms with Crippen molar-refractivity contribution in [1.82, 2.24) is 5.32 Å². The monoisotopic (exact) mass is 211 g/mol. The molecule has 0 heterocycles. The van der Waals surface area contributed by atoms with Gasteiger partial charge in [-0.15, -0.1) is 0 Å². The topological polar surface area (TPSA) is 29.1 Å². The van der Waals surface area contributed by atoms with Crippen molar-refractivity contribution in [2.75, 3.05) is 0 Å². The largest absolute Gasteiger partial charge is 0.384 e. The SMILES string of the molecule is CCC(=CCC(=O)C(C)C)NC(C)(C)C. The Morgan fingerprint density at radius 2 is 1.87 bits per heavy atom. The van der Waals surface area contributed by atoms with Crippen LogP contribution in [0.5, 0.6) is 0 Å². The average Bonchev–Trinajstić information content (AvgIpc) is 2.09. The van der Waals surface area contributed by atoms with E-state index in [-0.39, 0.29) is 11.5 Å². The molecule has 0 saturated carbocycles. The van der Waals surface area contributed by atoms with Gasteiger partial charge in [-0.3, -0.25) is 4.79 Å². The van der Waals surface area contributed by atoms with Crippen molar-refractivity contribution in [2.24, 2.45) is 5.92 Å². The molecular weight excluding hydrogens is 186 g/mol. The highest BCUT2D eigenvalue weighted by molar-refractivity contribution is 5.81. The molecule has 0 saturated heterocycles. The molecule has 0 aromatic carbocycles. The third-order valence-electron chi connectivity index (χ3n) is 2.11. The maximum atomic E-state index is 11.5. The number of carbonyl (C=O) groups excluding carboxylic acids is 1. The van der Waals surface area contributed by atoms with Gasteiger partial charge in [0.2, 0.25) is 0 Å². The number of rotatable bonds is 5. The van der Waals surface area contributed by atoms with E-state index in [2.05, 4.69) is 33.0 Å². The third kappa shape index (κ3) is 7.18. The molecule has 0 rings (SSSR count). The molecule has 0 aromatic rings. The molecule has 0 fully saturated rings. The lowest BCUT2D eigenvalue weighted by Crippen LogP contribution is -2.34. The van der Waals surface area contributed by atoms with Crippen LogP contribution in [0.3, 0.4) is 0 Å². The molecule has 88 valence electrons. The van der Waals surface area contributed by atoms with Gasteiger partial charge in [0, 0.05) is 23.6 Å². The zero-order chi connectivity index (χ0) is 12.1. The number of ketones is 1. The summed E-state index contributed by atoms with van der Waals surface area (Å²) in [6.07, 6.45) is 3.51. The average molecular weight is 211 g/mol. The van der Waals surface area contributed by atoms with Gasteiger partial charge in [0.05, 0.1) is 0 Å². The van der Waals surface area contributed by atoms with Crippen molar-refractivity contribution in [3.05, 3.63) is 11.8 Å². The molecule has 0 spiro atoms. The van der Waals surface area contributed by atoms with Gasteiger partial charge in [-0.25, -0.2) is 0 Å². The van der Waals surface area contributed by atoms with Gasteiger partial charge in [-0.05, 0) is 27.2 Å². The second kappa shape index (κ2) is 5.94. The van der Waals surface area contributed by atoms with Crippen molar-refractivity contribution >= 4 is 5.78 Å². The molecule has 0 bridgehead atoms. The lowest BCUT2D eigenvalue weighted by atomic mass is 10.0. The summed E-state index contributed by atoms with van der Waals surface area (Å²) >= 11 is 0. The number of hydrogen-bond acceptors (Lipinski definition) is 2. The second-order valence-electron chi connectivity index (χ2n) is 5.28. The van der Waals surface area contributed by atoms with Gasteiger partial charge in [0.25, 0.3) is 0 Å². The minimum absolute atomic E-state index is 0.0721. The van der Waals surface area contributed by atoms with Crippen molar-refractivity contribution in [1.29, 1.82) is 0 Å². The molecule has 1 N–H and O–H groups in total. The lowest BCUT2D eigenvalue weighted by molar-refractivity contribution is -0.121. The molecule has 0 aromatic heterocycles. The summed E-state index contributed by atoms with van der Waals surface area (Å²) in [4.78, 5) is 11.5. The summed E-state index contributed by atoms with van der Waals surface area (Å²) in [7, 11) is 0. The minimum Gasteiger partial charge on any atom is -0.384 e. The predicted molar refractivity (Wildman–Crippen MR) is 65.7 cm³/mol. The van der Waals surface area contributed by atoms with Gasteiger partial charge < -0.3 is 5.32 Å². The zero-order valence-corrected chi connectivity index (χ0v) is 11.0. The van der Waals surface area contributed by atoms with E-state index < -0.39 is 0 Å². The summed E-state index contributed by atoms with van der Waals surface area (Å²) < 4.78 is 0. The molecule has 0 unspecified atom stereocenters. The molecule has 15 heavy (non-hydrogen) atoms. The molecular formula is C13H25NO. The Bertz CT molecular complexity index is 233. The zero-order valence-electron chi connectivity index (χ0n) is 11.0. The highest BCUT2D eigenvalue weighted by Gasteiger charge is 2.11. The number of hydrogen-bond donors (Lipinski definition) is 1. The molecule has 2 nitrogen and oxygen atoms in total. The van der Waals surface area contributed by atoms with Gasteiger partial charge in [0.1, 0.15) is 5.78 Å². The molecule has 0 amide bonds. The van der Waals surface area contributed by atoms with E-state index in [1.165, 1.54) is 0 Å². The van der Waals surface area contributed by atoms with Crippen LogP contribution in [0.1, 0.15) is 54.4 Å². The molecule has 0 aliphatic heterocycles. The first kappa shape index (κ1) is 14.2. The smallest absolute Gasteiger partial charge is 0.139 e. The Morgan fingerprint density at radius 3 is 2.20 bits per heavy atom. The molecule has 2 heteroatoms. The number of carbonyl (C=O) groups is 1. The summed E-state index contributed by atoms with van der Waals surface area (Å²) in [6.45, 7) is 12.4. The first-order valence-corrected chi connectivity index (χ1v) is 5.76. The third-order valence-corrected chi connectivity index (χ3v) is 2.11.